The van der Waals surface area contributed by atoms with Gasteiger partial charge in [0.15, 0.2) is 19.5 Å². The number of nitrogens with one attached hydrogen (secondary N) is 2. The number of nitrogens with two attached hydrogens (primary N) is 1. The third-order valence-electron chi connectivity index (χ3n) is 5.93. The highest BCUT2D eigenvalue weighted by Crippen LogP contribution is 2.27. The fraction of sp³-hybridized carbons (Fsp3) is 0.320. The second-order valence-electron chi connectivity index (χ2n) is 8.34. The number of ether oxygens (including phenoxy) is 3. The molecule has 1 aliphatic rings. The molecule has 4 N–H and O–H groups in total. The third kappa shape index (κ3) is 6.55. The number of amides is 1. The summed E-state index contributed by atoms with van der Waals surface area (Å²) in [6.07, 6.45) is 5.09. The average molecular weight is 517 g/mol. The molecule has 1 aliphatic heterocycles. The summed E-state index contributed by atoms with van der Waals surface area (Å²) >= 11 is 0. The van der Waals surface area contributed by atoms with Gasteiger partial charge >= 0.3 is 5.97 Å². The molecule has 1 amide bonds. The van der Waals surface area contributed by atoms with E-state index in [9.17, 15) is 9.59 Å². The number of aromatic nitrogens is 3. The van der Waals surface area contributed by atoms with Crippen molar-refractivity contribution in [1.82, 2.24) is 20.2 Å². The summed E-state index contributed by atoms with van der Waals surface area (Å²) < 4.78 is 15.8. The zero-order chi connectivity index (χ0) is 26.9. The molecule has 1 saturated heterocycles. The van der Waals surface area contributed by atoms with Crippen molar-refractivity contribution in [3.63, 3.8) is 0 Å². The van der Waals surface area contributed by atoms with Gasteiger partial charge in [0, 0.05) is 31.3 Å². The summed E-state index contributed by atoms with van der Waals surface area (Å²) in [4.78, 5) is 39.7. The maximum atomic E-state index is 13.1. The van der Waals surface area contributed by atoms with Crippen molar-refractivity contribution in [2.24, 2.45) is 0 Å². The van der Waals surface area contributed by atoms with Gasteiger partial charge in [0.25, 0.3) is 5.91 Å². The Balaban J connectivity index is 1.44. The number of morpholine rings is 1. The summed E-state index contributed by atoms with van der Waals surface area (Å²) in [6, 6.07) is 8.26. The lowest BCUT2D eigenvalue weighted by molar-refractivity contribution is -0.142. The lowest BCUT2D eigenvalue weighted by Gasteiger charge is -2.30. The topological polar surface area (TPSA) is 154 Å². The Morgan fingerprint density at radius 1 is 1.18 bits per heavy atom. The first-order chi connectivity index (χ1) is 18.5. The van der Waals surface area contributed by atoms with Crippen molar-refractivity contribution in [2.75, 3.05) is 56.0 Å². The number of hydrogen-bond donors (Lipinski definition) is 3. The molecule has 3 heterocycles. The molecule has 2 radical (unpaired) electrons. The van der Waals surface area contributed by atoms with E-state index in [2.05, 4.69) is 35.1 Å². The van der Waals surface area contributed by atoms with Gasteiger partial charge in [-0.15, -0.1) is 0 Å². The third-order valence-corrected chi connectivity index (χ3v) is 5.93. The predicted octanol–water partition coefficient (Wildman–Crippen LogP) is 1.19. The molecule has 0 spiro atoms. The van der Waals surface area contributed by atoms with Crippen LogP contribution in [0.3, 0.4) is 0 Å². The molecule has 4 rings (SSSR count). The second kappa shape index (κ2) is 12.8. The number of methoxy groups -OCH3 is 1. The molecule has 0 bridgehead atoms. The second-order valence-corrected chi connectivity index (χ2v) is 8.34. The first-order valence-corrected chi connectivity index (χ1v) is 12.0. The summed E-state index contributed by atoms with van der Waals surface area (Å²) in [6.45, 7) is 2.88. The summed E-state index contributed by atoms with van der Waals surface area (Å²) in [5.41, 5.74) is 8.58. The molecule has 1 atom stereocenters. The van der Waals surface area contributed by atoms with Crippen molar-refractivity contribution in [1.29, 1.82) is 0 Å². The van der Waals surface area contributed by atoms with Crippen LogP contribution in [-0.4, -0.2) is 80.9 Å². The van der Waals surface area contributed by atoms with Gasteiger partial charge in [-0.2, -0.15) is 0 Å². The largest absolute Gasteiger partial charge is 0.494 e. The summed E-state index contributed by atoms with van der Waals surface area (Å²) in [7, 11) is 6.67. The van der Waals surface area contributed by atoms with Gasteiger partial charge in [0.1, 0.15) is 5.75 Å². The van der Waals surface area contributed by atoms with E-state index >= 15 is 0 Å². The van der Waals surface area contributed by atoms with Crippen LogP contribution in [0.4, 0.5) is 17.2 Å². The van der Waals surface area contributed by atoms with E-state index in [-0.39, 0.29) is 18.1 Å². The van der Waals surface area contributed by atoms with Crippen LogP contribution in [-0.2, 0) is 14.3 Å². The van der Waals surface area contributed by atoms with Crippen LogP contribution >= 0.6 is 0 Å². The average Bonchev–Trinajstić information content (AvgIpc) is 2.96. The molecule has 13 heteroatoms. The van der Waals surface area contributed by atoms with E-state index in [4.69, 9.17) is 23.2 Å². The van der Waals surface area contributed by atoms with E-state index in [1.165, 1.54) is 13.3 Å². The molecule has 196 valence electrons. The lowest BCUT2D eigenvalue weighted by Crippen LogP contribution is -2.37. The number of carbonyl (C=O) groups excluding carboxylic acids is 2. The highest BCUT2D eigenvalue weighted by atomic mass is 16.5. The number of nitrogen functional groups attached to an aromatic ring is 1. The Morgan fingerprint density at radius 2 is 1.95 bits per heavy atom. The molecule has 1 fully saturated rings. The van der Waals surface area contributed by atoms with Crippen LogP contribution < -0.4 is 25.9 Å². The molecule has 0 saturated carbocycles. The Hall–Kier alpha value is -4.23. The minimum absolute atomic E-state index is 0.00254. The molecular weight excluding hydrogens is 489 g/mol. The van der Waals surface area contributed by atoms with Crippen molar-refractivity contribution in [3.8, 4) is 17.0 Å². The number of rotatable bonds is 10. The molecule has 38 heavy (non-hydrogen) atoms. The van der Waals surface area contributed by atoms with E-state index in [0.29, 0.717) is 55.4 Å². The molecule has 2 aromatic heterocycles. The Kier molecular flexibility index (Phi) is 9.06. The van der Waals surface area contributed by atoms with E-state index < -0.39 is 17.9 Å². The number of carbonyl (C=O) groups is 2. The van der Waals surface area contributed by atoms with Crippen molar-refractivity contribution in [2.45, 2.75) is 12.5 Å². The minimum atomic E-state index is -0.662. The van der Waals surface area contributed by atoms with Crippen LogP contribution in [0.15, 0.2) is 48.9 Å². The van der Waals surface area contributed by atoms with E-state index in [0.717, 1.165) is 5.69 Å². The predicted molar refractivity (Wildman–Crippen MR) is 142 cm³/mol. The Labute approximate surface area is 221 Å². The van der Waals surface area contributed by atoms with Gasteiger partial charge in [0.2, 0.25) is 0 Å². The maximum Gasteiger partial charge on any atom is 0.321 e. The Bertz CT molecular complexity index is 1260. The molecule has 12 nitrogen and oxygen atoms in total. The van der Waals surface area contributed by atoms with Gasteiger partial charge in [-0.25, -0.2) is 9.97 Å². The standard InChI is InChI=1S/C25H28BN7O5/c1-36-25(35)18(32-26)7-11-38-17-4-2-16(3-5-17)19-15-29-23(27)22(30-19)24(34)31-20-14-28-8-6-21(20)33-9-12-37-13-10-33/h2-6,8,14-15,18,32H,7,9-13H2,1H3,(H2,27,29)(H,31,34)/t18-/m0/s1. The first kappa shape index (κ1) is 26.8. The van der Waals surface area contributed by atoms with Crippen LogP contribution in [0, 0.1) is 0 Å². The van der Waals surface area contributed by atoms with Gasteiger partial charge < -0.3 is 35.4 Å². The zero-order valence-electron chi connectivity index (χ0n) is 20.9. The van der Waals surface area contributed by atoms with Crippen LogP contribution in [0.5, 0.6) is 5.75 Å². The number of pyridine rings is 1. The fourth-order valence-corrected chi connectivity index (χ4v) is 3.88. The fourth-order valence-electron chi connectivity index (χ4n) is 3.88. The van der Waals surface area contributed by atoms with Gasteiger partial charge in [0.05, 0.1) is 62.4 Å². The monoisotopic (exact) mass is 517 g/mol. The van der Waals surface area contributed by atoms with Crippen LogP contribution in [0.2, 0.25) is 0 Å². The SMILES string of the molecule is [B]N[C@@H](CCOc1ccc(-c2cnc(N)c(C(=O)Nc3cnccc3N3CCOCC3)n2)cc1)C(=O)OC. The van der Waals surface area contributed by atoms with Crippen molar-refractivity contribution in [3.05, 3.63) is 54.6 Å². The molecule has 0 aliphatic carbocycles. The minimum Gasteiger partial charge on any atom is -0.494 e. The normalized spacial score (nSPS) is 14.0. The van der Waals surface area contributed by atoms with Crippen LogP contribution in [0.1, 0.15) is 16.9 Å². The van der Waals surface area contributed by atoms with E-state index in [1.54, 1.807) is 36.7 Å². The summed E-state index contributed by atoms with van der Waals surface area (Å²) in [5.74, 6) is -0.360. The maximum absolute atomic E-state index is 13.1. The smallest absolute Gasteiger partial charge is 0.321 e. The molecule has 1 aromatic carbocycles. The van der Waals surface area contributed by atoms with Gasteiger partial charge in [-0.05, 0) is 30.3 Å². The molecular formula is C25H28BN7O5. The number of benzene rings is 1. The van der Waals surface area contributed by atoms with Crippen LogP contribution in [0.25, 0.3) is 11.3 Å². The highest BCUT2D eigenvalue weighted by Gasteiger charge is 2.20. The number of anilines is 3. The Morgan fingerprint density at radius 3 is 2.66 bits per heavy atom. The van der Waals surface area contributed by atoms with Crippen molar-refractivity contribution < 1.29 is 23.8 Å². The molecule has 0 unspecified atom stereocenters. The highest BCUT2D eigenvalue weighted by molar-refractivity contribution is 6.07. The lowest BCUT2D eigenvalue weighted by atomic mass is 10.1. The van der Waals surface area contributed by atoms with E-state index in [1.807, 2.05) is 6.07 Å². The quantitative estimate of drug-likeness (QED) is 0.263. The first-order valence-electron chi connectivity index (χ1n) is 12.0. The van der Waals surface area contributed by atoms with Gasteiger partial charge in [-0.1, -0.05) is 0 Å². The van der Waals surface area contributed by atoms with Gasteiger partial charge in [-0.3, -0.25) is 14.6 Å². The number of hydrogen-bond acceptors (Lipinski definition) is 11. The zero-order valence-corrected chi connectivity index (χ0v) is 20.9. The number of nitrogens with zero attached hydrogens (tertiary/aromatic N) is 4. The van der Waals surface area contributed by atoms with Crippen molar-refractivity contribution >= 4 is 37.1 Å². The summed E-state index contributed by atoms with van der Waals surface area (Å²) in [5, 5.41) is 5.27. The molecule has 3 aromatic rings. The number of esters is 1.